The molecule has 0 saturated heterocycles. The normalized spacial score (nSPS) is 20.6. The molecule has 7 nitrogen and oxygen atoms in total. The second-order valence-corrected chi connectivity index (χ2v) is 9.59. The molecule has 0 spiro atoms. The number of nitrogens with zero attached hydrogens (tertiary/aromatic N) is 4. The van der Waals surface area contributed by atoms with Crippen LogP contribution in [0.1, 0.15) is 49.8 Å². The zero-order valence-electron chi connectivity index (χ0n) is 18.1. The van der Waals surface area contributed by atoms with Gasteiger partial charge in [-0.2, -0.15) is 4.98 Å². The van der Waals surface area contributed by atoms with Gasteiger partial charge in [0.1, 0.15) is 5.82 Å². The maximum Gasteiger partial charge on any atom is 0.412 e. The minimum absolute atomic E-state index is 0.0153. The van der Waals surface area contributed by atoms with Crippen molar-refractivity contribution in [2.24, 2.45) is 0 Å². The Balaban J connectivity index is 1.44. The summed E-state index contributed by atoms with van der Waals surface area (Å²) in [6, 6.07) is 7.72. The van der Waals surface area contributed by atoms with Crippen LogP contribution in [-0.2, 0) is 12.8 Å². The van der Waals surface area contributed by atoms with Crippen molar-refractivity contribution in [2.75, 3.05) is 29.2 Å². The van der Waals surface area contributed by atoms with Gasteiger partial charge in [0, 0.05) is 41.9 Å². The molecular formula is C23H30BrN5O2. The molecular weight excluding hydrogens is 458 g/mol. The van der Waals surface area contributed by atoms with Gasteiger partial charge >= 0.3 is 6.09 Å². The second kappa shape index (κ2) is 9.42. The summed E-state index contributed by atoms with van der Waals surface area (Å²) in [5.74, 6) is 1.73. The van der Waals surface area contributed by atoms with Gasteiger partial charge in [0.15, 0.2) is 0 Å². The molecule has 1 heterocycles. The molecule has 0 radical (unpaired) electrons. The molecule has 1 aromatic carbocycles. The molecule has 2 aromatic rings. The number of amides is 1. The van der Waals surface area contributed by atoms with Crippen LogP contribution in [0.2, 0.25) is 0 Å². The van der Waals surface area contributed by atoms with Crippen molar-refractivity contribution in [3.05, 3.63) is 40.0 Å². The van der Waals surface area contributed by atoms with Crippen LogP contribution in [0.25, 0.3) is 0 Å². The van der Waals surface area contributed by atoms with Crippen LogP contribution in [0, 0.1) is 0 Å². The zero-order chi connectivity index (χ0) is 22.0. The van der Waals surface area contributed by atoms with Crippen LogP contribution in [0.4, 0.5) is 22.2 Å². The average molecular weight is 488 g/mol. The first kappa shape index (κ1) is 21.9. The number of fused-ring (bicyclic) bond motifs is 1. The van der Waals surface area contributed by atoms with E-state index in [0.717, 1.165) is 54.5 Å². The summed E-state index contributed by atoms with van der Waals surface area (Å²) in [6.45, 7) is 0. The van der Waals surface area contributed by atoms with Gasteiger partial charge in [-0.25, -0.2) is 9.78 Å². The zero-order valence-corrected chi connectivity index (χ0v) is 19.7. The molecule has 0 aliphatic heterocycles. The van der Waals surface area contributed by atoms with Gasteiger partial charge in [-0.3, -0.25) is 4.90 Å². The van der Waals surface area contributed by atoms with Gasteiger partial charge in [-0.1, -0.05) is 15.9 Å². The van der Waals surface area contributed by atoms with Crippen molar-refractivity contribution < 1.29 is 9.90 Å². The number of benzene rings is 1. The van der Waals surface area contributed by atoms with E-state index in [1.165, 1.54) is 29.0 Å². The molecule has 4 rings (SSSR count). The number of hydrogen-bond donors (Lipinski definition) is 2. The van der Waals surface area contributed by atoms with Crippen molar-refractivity contribution in [3.8, 4) is 0 Å². The van der Waals surface area contributed by atoms with Gasteiger partial charge in [-0.15, -0.1) is 0 Å². The monoisotopic (exact) mass is 487 g/mol. The maximum absolute atomic E-state index is 12.0. The Kier molecular flexibility index (Phi) is 6.65. The molecule has 0 bridgehead atoms. The van der Waals surface area contributed by atoms with Gasteiger partial charge in [0.25, 0.3) is 0 Å². The number of carboxylic acid groups (broad SMARTS) is 1. The lowest BCUT2D eigenvalue weighted by atomic mass is 9.90. The van der Waals surface area contributed by atoms with E-state index in [-0.39, 0.29) is 12.1 Å². The third kappa shape index (κ3) is 4.95. The quantitative estimate of drug-likeness (QED) is 0.610. The number of hydrogen-bond acceptors (Lipinski definition) is 5. The highest BCUT2D eigenvalue weighted by Crippen LogP contribution is 2.32. The van der Waals surface area contributed by atoms with Crippen LogP contribution in [0.15, 0.2) is 28.7 Å². The van der Waals surface area contributed by atoms with Crippen LogP contribution in [-0.4, -0.2) is 47.3 Å². The second-order valence-electron chi connectivity index (χ2n) is 8.68. The van der Waals surface area contributed by atoms with Crippen LogP contribution >= 0.6 is 15.9 Å². The van der Waals surface area contributed by atoms with E-state index in [2.05, 4.69) is 26.1 Å². The van der Waals surface area contributed by atoms with Crippen molar-refractivity contribution in [2.45, 2.75) is 63.5 Å². The highest BCUT2D eigenvalue weighted by molar-refractivity contribution is 9.10. The van der Waals surface area contributed by atoms with Gasteiger partial charge in [-0.05, 0) is 75.6 Å². The molecule has 1 fully saturated rings. The number of anilines is 3. The SMILES string of the molecule is CN(C)c1nc(N[C@H]2CC[C@@H](N(C(=O)O)c3ccc(Br)cc3)CC2)nc2c1CCCC2. The van der Waals surface area contributed by atoms with Crippen molar-refractivity contribution in [1.29, 1.82) is 0 Å². The lowest BCUT2D eigenvalue weighted by Crippen LogP contribution is -2.43. The van der Waals surface area contributed by atoms with E-state index in [9.17, 15) is 9.90 Å². The number of halogens is 1. The highest BCUT2D eigenvalue weighted by atomic mass is 79.9. The minimum Gasteiger partial charge on any atom is -0.465 e. The summed E-state index contributed by atoms with van der Waals surface area (Å²) in [7, 11) is 4.07. The molecule has 166 valence electrons. The minimum atomic E-state index is -0.896. The number of carbonyl (C=O) groups is 1. The summed E-state index contributed by atoms with van der Waals surface area (Å²) in [5.41, 5.74) is 3.19. The summed E-state index contributed by atoms with van der Waals surface area (Å²) in [6.07, 6.45) is 6.96. The first-order chi connectivity index (χ1) is 14.9. The molecule has 8 heteroatoms. The first-order valence-electron chi connectivity index (χ1n) is 11.0. The highest BCUT2D eigenvalue weighted by Gasteiger charge is 2.30. The standard InChI is InChI=1S/C23H30BrN5O2/c1-28(2)21-19-5-3-4-6-20(19)26-22(27-21)25-16-9-13-18(14-10-16)29(23(30)31)17-11-7-15(24)8-12-17/h7-8,11-12,16,18H,3-6,9-10,13-14H2,1-2H3,(H,30,31)(H,25,26,27)/t16-,18+. The van der Waals surface area contributed by atoms with Crippen LogP contribution in [0.5, 0.6) is 0 Å². The van der Waals surface area contributed by atoms with Crippen molar-refractivity contribution >= 4 is 39.5 Å². The Labute approximate surface area is 192 Å². The molecule has 2 aliphatic carbocycles. The van der Waals surface area contributed by atoms with Gasteiger partial charge < -0.3 is 15.3 Å². The van der Waals surface area contributed by atoms with Crippen molar-refractivity contribution in [1.82, 2.24) is 9.97 Å². The number of aryl methyl sites for hydroxylation is 1. The molecule has 1 aromatic heterocycles. The Bertz CT molecular complexity index is 926. The number of rotatable bonds is 5. The summed E-state index contributed by atoms with van der Waals surface area (Å²) < 4.78 is 0.941. The predicted octanol–water partition coefficient (Wildman–Crippen LogP) is 5.09. The van der Waals surface area contributed by atoms with Gasteiger partial charge in [0.05, 0.1) is 5.69 Å². The number of aromatic nitrogens is 2. The topological polar surface area (TPSA) is 81.6 Å². The average Bonchev–Trinajstić information content (AvgIpc) is 2.75. The molecule has 1 saturated carbocycles. The summed E-state index contributed by atoms with van der Waals surface area (Å²) >= 11 is 3.41. The van der Waals surface area contributed by atoms with E-state index in [1.807, 2.05) is 38.4 Å². The maximum atomic E-state index is 12.0. The molecule has 31 heavy (non-hydrogen) atoms. The van der Waals surface area contributed by atoms with E-state index in [4.69, 9.17) is 9.97 Å². The first-order valence-corrected chi connectivity index (χ1v) is 11.8. The van der Waals surface area contributed by atoms with Crippen LogP contribution < -0.4 is 15.1 Å². The smallest absolute Gasteiger partial charge is 0.412 e. The summed E-state index contributed by atoms with van der Waals surface area (Å²) in [4.78, 5) is 25.2. The Morgan fingerprint density at radius 2 is 1.74 bits per heavy atom. The van der Waals surface area contributed by atoms with Crippen molar-refractivity contribution in [3.63, 3.8) is 0 Å². The fraction of sp³-hybridized carbons (Fsp3) is 0.522. The van der Waals surface area contributed by atoms with Crippen LogP contribution in [0.3, 0.4) is 0 Å². The Morgan fingerprint density at radius 1 is 1.06 bits per heavy atom. The Morgan fingerprint density at radius 3 is 2.39 bits per heavy atom. The largest absolute Gasteiger partial charge is 0.465 e. The summed E-state index contributed by atoms with van der Waals surface area (Å²) in [5, 5.41) is 13.4. The molecule has 0 unspecified atom stereocenters. The van der Waals surface area contributed by atoms with E-state index in [1.54, 1.807) is 0 Å². The third-order valence-corrected chi connectivity index (χ3v) is 6.82. The predicted molar refractivity (Wildman–Crippen MR) is 127 cm³/mol. The molecule has 2 aliphatic rings. The third-order valence-electron chi connectivity index (χ3n) is 6.29. The Hall–Kier alpha value is -2.35. The lowest BCUT2D eigenvalue weighted by molar-refractivity contribution is 0.196. The van der Waals surface area contributed by atoms with E-state index >= 15 is 0 Å². The van der Waals surface area contributed by atoms with E-state index in [0.29, 0.717) is 5.95 Å². The molecule has 1 amide bonds. The van der Waals surface area contributed by atoms with E-state index < -0.39 is 6.09 Å². The number of nitrogens with one attached hydrogen (secondary N) is 1. The lowest BCUT2D eigenvalue weighted by Gasteiger charge is -2.35. The van der Waals surface area contributed by atoms with Gasteiger partial charge in [0.2, 0.25) is 5.95 Å². The molecule has 0 atom stereocenters. The molecule has 2 N–H and O–H groups in total. The fourth-order valence-corrected chi connectivity index (χ4v) is 5.01. The fourth-order valence-electron chi connectivity index (χ4n) is 4.75.